The van der Waals surface area contributed by atoms with E-state index < -0.39 is 16.3 Å². The summed E-state index contributed by atoms with van der Waals surface area (Å²) in [6.07, 6.45) is 13.7. The smallest absolute Gasteiger partial charge is 0.342 e. The first-order valence-corrected chi connectivity index (χ1v) is 19.7. The lowest BCUT2D eigenvalue weighted by atomic mass is 9.49. The van der Waals surface area contributed by atoms with Gasteiger partial charge in [-0.2, -0.15) is 5.10 Å². The predicted molar refractivity (Wildman–Crippen MR) is 195 cm³/mol. The van der Waals surface area contributed by atoms with Crippen molar-refractivity contribution in [3.8, 4) is 11.1 Å². The Morgan fingerprint density at radius 2 is 1.73 bits per heavy atom. The number of methoxy groups -OCH3 is 1. The number of carbonyl (C=O) groups excluding carboxylic acids is 2. The highest BCUT2D eigenvalue weighted by molar-refractivity contribution is 8.85. The second-order valence-electron chi connectivity index (χ2n) is 14.3. The number of thiol groups is 1. The number of amides is 1. The van der Waals surface area contributed by atoms with Crippen molar-refractivity contribution in [2.24, 2.45) is 23.2 Å². The molecule has 4 fully saturated rings. The van der Waals surface area contributed by atoms with Gasteiger partial charge in [0.05, 0.1) is 36.4 Å². The van der Waals surface area contributed by atoms with Crippen molar-refractivity contribution in [3.63, 3.8) is 0 Å². The number of benzene rings is 2. The van der Waals surface area contributed by atoms with Gasteiger partial charge in [-0.25, -0.2) is 9.78 Å². The van der Waals surface area contributed by atoms with Gasteiger partial charge in [-0.1, -0.05) is 24.3 Å². The normalized spacial score (nSPS) is 25.6. The van der Waals surface area contributed by atoms with Gasteiger partial charge < -0.3 is 14.8 Å². The van der Waals surface area contributed by atoms with Gasteiger partial charge in [-0.15, -0.1) is 0 Å². The van der Waals surface area contributed by atoms with Gasteiger partial charge in [-0.05, 0) is 120 Å². The summed E-state index contributed by atoms with van der Waals surface area (Å²) in [5.74, 6) is 2.60. The van der Waals surface area contributed by atoms with E-state index in [1.165, 1.54) is 45.6 Å². The van der Waals surface area contributed by atoms with Crippen LogP contribution in [-0.2, 0) is 11.3 Å². The van der Waals surface area contributed by atoms with E-state index in [9.17, 15) is 9.59 Å². The average molecular weight is 694 g/mol. The van der Waals surface area contributed by atoms with Crippen molar-refractivity contribution in [2.45, 2.75) is 56.9 Å². The summed E-state index contributed by atoms with van der Waals surface area (Å²) in [6, 6.07) is 17.4. The predicted octanol–water partition coefficient (Wildman–Crippen LogP) is 7.95. The van der Waals surface area contributed by atoms with Gasteiger partial charge in [0.15, 0.2) is 5.65 Å². The Hall–Kier alpha value is -4.42. The Morgan fingerprint density at radius 1 is 1.00 bits per heavy atom. The molecule has 1 atom stereocenters. The molecule has 4 saturated carbocycles. The maximum atomic E-state index is 13.5. The van der Waals surface area contributed by atoms with Gasteiger partial charge in [0, 0.05) is 34.5 Å². The molecule has 0 spiro atoms. The van der Waals surface area contributed by atoms with Gasteiger partial charge in [-0.3, -0.25) is 18.6 Å². The highest BCUT2D eigenvalue weighted by atomic mass is 33.1. The summed E-state index contributed by atoms with van der Waals surface area (Å²) in [6.45, 7) is 3.04. The molecule has 2 aromatic carbocycles. The molecule has 4 aliphatic carbocycles. The first-order valence-electron chi connectivity index (χ1n) is 17.0. The highest BCUT2D eigenvalue weighted by Gasteiger charge is 2.51. The molecule has 49 heavy (non-hydrogen) atoms. The number of hydrogen-bond donors (Lipinski definition) is 4. The summed E-state index contributed by atoms with van der Waals surface area (Å²) in [7, 11) is 2.02. The quantitative estimate of drug-likeness (QED) is 0.0736. The molecule has 0 saturated heterocycles. The molecule has 5 aromatic rings. The van der Waals surface area contributed by atoms with E-state index in [0.717, 1.165) is 51.7 Å². The van der Waals surface area contributed by atoms with Crippen LogP contribution in [0, 0.1) is 30.1 Å². The van der Waals surface area contributed by atoms with E-state index in [4.69, 9.17) is 14.8 Å². The first kappa shape index (κ1) is 30.6. The second kappa shape index (κ2) is 11.9. The molecule has 3 N–H and O–H groups in total. The fourth-order valence-electron chi connectivity index (χ4n) is 9.34. The van der Waals surface area contributed by atoms with Crippen molar-refractivity contribution in [2.75, 3.05) is 17.1 Å². The van der Waals surface area contributed by atoms with Crippen LogP contribution < -0.4 is 14.8 Å². The lowest BCUT2D eigenvalue weighted by Crippen LogP contribution is -2.48. The van der Waals surface area contributed by atoms with Crippen LogP contribution in [0.25, 0.3) is 16.8 Å². The number of nitrogens with one attached hydrogen (secondary N) is 3. The molecule has 10 rings (SSSR count). The number of esters is 1. The Kier molecular flexibility index (Phi) is 7.42. The van der Waals surface area contributed by atoms with E-state index in [1.54, 1.807) is 23.1 Å². The zero-order valence-electron chi connectivity index (χ0n) is 27.5. The van der Waals surface area contributed by atoms with Crippen LogP contribution in [0.3, 0.4) is 0 Å². The largest absolute Gasteiger partial charge is 0.465 e. The van der Waals surface area contributed by atoms with Crippen molar-refractivity contribution >= 4 is 55.8 Å². The highest BCUT2D eigenvalue weighted by Crippen LogP contribution is 2.60. The molecular formula is C37H39N7O3S2. The zero-order valence-corrected chi connectivity index (χ0v) is 29.2. The van der Waals surface area contributed by atoms with Gasteiger partial charge in [0.2, 0.25) is 0 Å². The number of hydrogen-bond acceptors (Lipinski definition) is 8. The third-order valence-corrected chi connectivity index (χ3v) is 14.3. The minimum Gasteiger partial charge on any atom is -0.465 e. The molecule has 3 aromatic heterocycles. The Balaban J connectivity index is 0.997. The molecule has 1 amide bonds. The fraction of sp³-hybridized carbons (Fsp3) is 0.351. The van der Waals surface area contributed by atoms with Crippen LogP contribution in [0.15, 0.2) is 78.1 Å². The Bertz CT molecular complexity index is 2060. The van der Waals surface area contributed by atoms with E-state index in [-0.39, 0.29) is 5.91 Å². The molecule has 12 heteroatoms. The topological polar surface area (TPSA) is 115 Å². The Morgan fingerprint density at radius 3 is 2.49 bits per heavy atom. The van der Waals surface area contributed by atoms with E-state index in [0.29, 0.717) is 33.7 Å². The molecule has 4 bridgehead atoms. The van der Waals surface area contributed by atoms with Crippen LogP contribution in [0.1, 0.15) is 64.9 Å². The Labute approximate surface area is 291 Å². The molecule has 10 nitrogen and oxygen atoms in total. The molecule has 1 aliphatic heterocycles. The standard InChI is InChI=1S/C37H39N7O3S2/c1-22-28(19-39-44(22)21-37-16-23-13-24(17-37)15-25(14-23)18-37)26-11-12-43-32(20-38-34(43)33(26)36(46)47-2)40-29-8-4-3-7-27(29)35(45)42-49-41-30-9-5-6-10-31(30)48-49/h3-12,19-20,23-25,40-41,49H,13-18,21H2,1-2H3,(H,42,45). The SMILES string of the molecule is COC(=O)c1c(-c2cnn(CC34CC5CC(CC(C5)C3)C4)c2C)ccn2c(Nc3ccccc3C(=O)N[SH]3Nc4ccccc4S3)cnc12. The third kappa shape index (κ3) is 5.36. The van der Waals surface area contributed by atoms with Crippen LogP contribution in [0.4, 0.5) is 17.2 Å². The molecular weight excluding hydrogens is 655 g/mol. The zero-order chi connectivity index (χ0) is 33.3. The number of ether oxygens (including phenoxy) is 1. The third-order valence-electron chi connectivity index (χ3n) is 11.0. The number of pyridine rings is 1. The number of imidazole rings is 1. The number of nitrogens with zero attached hydrogens (tertiary/aromatic N) is 4. The lowest BCUT2D eigenvalue weighted by Gasteiger charge is -2.56. The molecule has 5 aliphatic rings. The number of carbonyl (C=O) groups is 2. The number of rotatable bonds is 8. The number of aromatic nitrogens is 4. The van der Waals surface area contributed by atoms with Crippen molar-refractivity contribution in [1.29, 1.82) is 0 Å². The second-order valence-corrected chi connectivity index (χ2v) is 17.6. The maximum absolute atomic E-state index is 13.5. The fourth-order valence-corrected chi connectivity index (χ4v) is 12.7. The summed E-state index contributed by atoms with van der Waals surface area (Å²) >= 11 is 0. The van der Waals surface area contributed by atoms with E-state index in [1.807, 2.05) is 65.3 Å². The van der Waals surface area contributed by atoms with Gasteiger partial charge >= 0.3 is 5.97 Å². The van der Waals surface area contributed by atoms with Crippen LogP contribution >= 0.6 is 21.1 Å². The summed E-state index contributed by atoms with van der Waals surface area (Å²) in [4.78, 5) is 32.7. The maximum Gasteiger partial charge on any atom is 0.342 e. The molecule has 0 radical (unpaired) electrons. The van der Waals surface area contributed by atoms with Crippen molar-refractivity contribution < 1.29 is 14.3 Å². The minimum absolute atomic E-state index is 0.186. The summed E-state index contributed by atoms with van der Waals surface area (Å²) in [5.41, 5.74) is 6.06. The van der Waals surface area contributed by atoms with Crippen LogP contribution in [-0.4, -0.2) is 38.2 Å². The number of anilines is 3. The minimum atomic E-state index is -1.01. The summed E-state index contributed by atoms with van der Waals surface area (Å²) in [5, 5.41) is 8.29. The molecule has 4 heterocycles. The van der Waals surface area contributed by atoms with Gasteiger partial charge in [0.25, 0.3) is 5.91 Å². The monoisotopic (exact) mass is 693 g/mol. The lowest BCUT2D eigenvalue weighted by molar-refractivity contribution is -0.0638. The van der Waals surface area contributed by atoms with Crippen LogP contribution in [0.2, 0.25) is 0 Å². The number of para-hydroxylation sites is 2. The molecule has 252 valence electrons. The number of fused-ring (bicyclic) bond motifs is 2. The first-order chi connectivity index (χ1) is 23.9. The van der Waals surface area contributed by atoms with Crippen molar-refractivity contribution in [3.05, 3.63) is 90.0 Å². The van der Waals surface area contributed by atoms with E-state index in [2.05, 4.69) is 26.4 Å². The van der Waals surface area contributed by atoms with E-state index >= 15 is 0 Å². The average Bonchev–Trinajstić information content (AvgIpc) is 3.80. The van der Waals surface area contributed by atoms with Crippen LogP contribution in [0.5, 0.6) is 0 Å². The summed E-state index contributed by atoms with van der Waals surface area (Å²) < 4.78 is 15.9. The molecule has 1 unspecified atom stereocenters. The van der Waals surface area contributed by atoms with Crippen molar-refractivity contribution in [1.82, 2.24) is 23.9 Å². The van der Waals surface area contributed by atoms with Gasteiger partial charge in [0.1, 0.15) is 11.4 Å².